The van der Waals surface area contributed by atoms with Crippen LogP contribution < -0.4 is 31.4 Å². The molecule has 13 rings (SSSR count). The molecule has 428 valence electrons. The Morgan fingerprint density at radius 2 is 0.841 bits per heavy atom. The number of fused-ring (bicyclic) bond motifs is 10. The third-order valence-electron chi connectivity index (χ3n) is 22.9. The monoisotopic (exact) mass is 1100 g/mol. The Kier molecular flexibility index (Phi) is 11.7. The van der Waals surface area contributed by atoms with Gasteiger partial charge in [-0.25, -0.2) is 0 Å². The molecule has 6 aromatic carbocycles. The van der Waals surface area contributed by atoms with E-state index in [1.165, 1.54) is 129 Å². The summed E-state index contributed by atoms with van der Waals surface area (Å²) in [7, 11) is -1.59. The molecule has 4 aliphatic carbocycles. The van der Waals surface area contributed by atoms with E-state index in [2.05, 4.69) is 252 Å². The van der Waals surface area contributed by atoms with E-state index in [1.54, 1.807) is 0 Å². The highest BCUT2D eigenvalue weighted by molar-refractivity contribution is 7.01. The van der Waals surface area contributed by atoms with Gasteiger partial charge in [0.25, 0.3) is 6.71 Å². The summed E-state index contributed by atoms with van der Waals surface area (Å²) in [5, 5.41) is 2.76. The van der Waals surface area contributed by atoms with E-state index in [0.717, 1.165) is 50.0 Å². The highest BCUT2D eigenvalue weighted by Crippen LogP contribution is 2.57. The van der Waals surface area contributed by atoms with E-state index in [1.807, 2.05) is 0 Å². The average molecular weight is 1110 g/mol. The van der Waals surface area contributed by atoms with Crippen molar-refractivity contribution in [2.45, 2.75) is 251 Å². The number of anilines is 6. The average Bonchev–Trinajstić information content (AvgIpc) is 1.29. The van der Waals surface area contributed by atoms with Crippen molar-refractivity contribution in [3.05, 3.63) is 141 Å². The quantitative estimate of drug-likeness (QED) is 0.164. The van der Waals surface area contributed by atoms with Crippen molar-refractivity contribution >= 4 is 81.7 Å². The van der Waals surface area contributed by atoms with Crippen LogP contribution in [0.4, 0.5) is 34.3 Å². The van der Waals surface area contributed by atoms with Crippen molar-refractivity contribution in [3.63, 3.8) is 0 Å². The first-order valence-electron chi connectivity index (χ1n) is 31.9. The summed E-state index contributed by atoms with van der Waals surface area (Å²) in [6.45, 7) is 54.5. The van der Waals surface area contributed by atoms with Crippen LogP contribution in [0.2, 0.25) is 19.6 Å². The Labute approximate surface area is 496 Å². The van der Waals surface area contributed by atoms with Gasteiger partial charge in [0, 0.05) is 39.2 Å². The summed E-state index contributed by atoms with van der Waals surface area (Å²) in [5.74, 6) is 0.980. The first-order valence-corrected chi connectivity index (χ1v) is 35.4. The Bertz CT molecular complexity index is 3860. The second-order valence-electron chi connectivity index (χ2n) is 34.5. The highest BCUT2D eigenvalue weighted by Gasteiger charge is 2.51. The molecule has 0 atom stereocenters. The van der Waals surface area contributed by atoms with Gasteiger partial charge in [0.2, 0.25) is 5.88 Å². The number of hydrogen-bond donors (Lipinski definition) is 0. The zero-order chi connectivity index (χ0) is 59.0. The molecule has 0 amide bonds. The predicted octanol–water partition coefficient (Wildman–Crippen LogP) is 19.4. The summed E-state index contributed by atoms with van der Waals surface area (Å²) < 4.78 is 7.84. The molecule has 3 nitrogen and oxygen atoms in total. The van der Waals surface area contributed by atoms with Crippen molar-refractivity contribution in [2.75, 3.05) is 9.80 Å². The van der Waals surface area contributed by atoms with Crippen LogP contribution in [0.15, 0.2) is 95.4 Å². The third-order valence-corrected chi connectivity index (χ3v) is 24.9. The lowest BCUT2D eigenvalue weighted by Gasteiger charge is -2.48. The molecular weight excluding hydrogens is 1010 g/mol. The van der Waals surface area contributed by atoms with Crippen molar-refractivity contribution < 1.29 is 4.42 Å². The van der Waals surface area contributed by atoms with Crippen LogP contribution in [-0.4, -0.2) is 14.8 Å². The standard InChI is InChI=1S/C77H97BN2OSi/c1-69(2,3)47-37-63-67-64(38-47)80(61-43-57-54(72(8,9)31-34-75(57,14)15)40-50(61)46-23-26-49(27-24-46)82(20,21)22)62-44-58-56(74(12,13)33-35-76(58,16)17)42-60(62)78(67)66-51-41-55-59(77(18,19)36-32-73(55,10)11)45-65(51)81-68(66)79(63)48-25-28-52-53(39-48)71(6,7)30-29-70(52,4)5/h23-28,37-45H,29-36H2,1-22H3. The lowest BCUT2D eigenvalue weighted by Crippen LogP contribution is -2.61. The fourth-order valence-electron chi connectivity index (χ4n) is 16.5. The molecule has 5 heteroatoms. The third kappa shape index (κ3) is 8.27. The lowest BCUT2D eigenvalue weighted by atomic mass is 9.33. The first kappa shape index (κ1) is 55.9. The van der Waals surface area contributed by atoms with Gasteiger partial charge in [0.05, 0.1) is 13.8 Å². The van der Waals surface area contributed by atoms with Gasteiger partial charge in [0.1, 0.15) is 5.58 Å². The number of furan rings is 1. The highest BCUT2D eigenvalue weighted by atomic mass is 28.3. The maximum absolute atomic E-state index is 7.84. The van der Waals surface area contributed by atoms with E-state index < -0.39 is 8.07 Å². The van der Waals surface area contributed by atoms with Gasteiger partial charge in [-0.05, 0) is 221 Å². The maximum Gasteiger partial charge on any atom is 0.257 e. The zero-order valence-corrected chi connectivity index (χ0v) is 55.7. The van der Waals surface area contributed by atoms with Crippen LogP contribution in [-0.2, 0) is 48.7 Å². The Morgan fingerprint density at radius 1 is 0.415 bits per heavy atom. The van der Waals surface area contributed by atoms with Crippen LogP contribution >= 0.6 is 0 Å². The van der Waals surface area contributed by atoms with Crippen LogP contribution in [0.25, 0.3) is 22.1 Å². The zero-order valence-electron chi connectivity index (χ0n) is 54.7. The van der Waals surface area contributed by atoms with E-state index in [9.17, 15) is 0 Å². The minimum atomic E-state index is -1.59. The summed E-state index contributed by atoms with van der Waals surface area (Å²) in [6.07, 6.45) is 9.27. The predicted molar refractivity (Wildman–Crippen MR) is 358 cm³/mol. The minimum Gasteiger partial charge on any atom is -0.440 e. The maximum atomic E-state index is 7.84. The molecule has 0 saturated heterocycles. The molecule has 3 heterocycles. The largest absolute Gasteiger partial charge is 0.440 e. The molecule has 0 fully saturated rings. The second-order valence-corrected chi connectivity index (χ2v) is 39.6. The first-order chi connectivity index (χ1) is 37.8. The van der Waals surface area contributed by atoms with E-state index >= 15 is 0 Å². The minimum absolute atomic E-state index is 0.00496. The van der Waals surface area contributed by atoms with Crippen LogP contribution in [0.1, 0.15) is 233 Å². The summed E-state index contributed by atoms with van der Waals surface area (Å²) in [4.78, 5) is 5.45. The van der Waals surface area contributed by atoms with Gasteiger partial charge in [-0.2, -0.15) is 0 Å². The van der Waals surface area contributed by atoms with E-state index in [-0.39, 0.29) is 55.4 Å². The molecule has 2 aliphatic heterocycles. The number of hydrogen-bond acceptors (Lipinski definition) is 3. The van der Waals surface area contributed by atoms with E-state index in [4.69, 9.17) is 4.42 Å². The Hall–Kier alpha value is -5.26. The van der Waals surface area contributed by atoms with Gasteiger partial charge >= 0.3 is 0 Å². The number of nitrogens with zero attached hydrogens (tertiary/aromatic N) is 2. The second kappa shape index (κ2) is 17.2. The normalized spacial score (nSPS) is 21.6. The lowest BCUT2D eigenvalue weighted by molar-refractivity contribution is 0.332. The molecule has 0 N–H and O–H groups in total. The SMILES string of the molecule is CC(C)(C)c1cc2c3c(c1)N(c1ccc4c(c1)C(C)(C)CCC4(C)C)c1oc4cc5c(cc4c1B3c1cc3c(cc1N2c1cc2c(cc1-c1ccc([Si](C)(C)C)cc1)C(C)(C)CCC2(C)C)C(C)(C)CCC3(C)C)C(C)(C)CCC5(C)C. The molecule has 7 aromatic rings. The molecule has 0 saturated carbocycles. The topological polar surface area (TPSA) is 19.6 Å². The molecule has 0 spiro atoms. The van der Waals surface area contributed by atoms with Gasteiger partial charge in [-0.15, -0.1) is 0 Å². The van der Waals surface area contributed by atoms with Crippen molar-refractivity contribution in [1.29, 1.82) is 0 Å². The fourth-order valence-corrected chi connectivity index (χ4v) is 17.6. The molecular formula is C77H97BN2OSi. The molecule has 6 aliphatic rings. The number of benzene rings is 6. The summed E-state index contributed by atoms with van der Waals surface area (Å²) in [6, 6.07) is 38.6. The van der Waals surface area contributed by atoms with Crippen molar-refractivity contribution in [1.82, 2.24) is 0 Å². The molecule has 0 radical (unpaired) electrons. The van der Waals surface area contributed by atoms with Crippen LogP contribution in [0.5, 0.6) is 0 Å². The smallest absolute Gasteiger partial charge is 0.257 e. The summed E-state index contributed by atoms with van der Waals surface area (Å²) in [5.41, 5.74) is 27.2. The van der Waals surface area contributed by atoms with Gasteiger partial charge < -0.3 is 9.32 Å². The summed E-state index contributed by atoms with van der Waals surface area (Å²) >= 11 is 0. The van der Waals surface area contributed by atoms with Gasteiger partial charge in [-0.1, -0.05) is 193 Å². The van der Waals surface area contributed by atoms with Crippen LogP contribution in [0, 0.1) is 0 Å². The van der Waals surface area contributed by atoms with Gasteiger partial charge in [0.15, 0.2) is 0 Å². The molecule has 82 heavy (non-hydrogen) atoms. The molecule has 0 bridgehead atoms. The van der Waals surface area contributed by atoms with Crippen LogP contribution in [0.3, 0.4) is 0 Å². The van der Waals surface area contributed by atoms with Crippen molar-refractivity contribution in [2.24, 2.45) is 0 Å². The van der Waals surface area contributed by atoms with Crippen molar-refractivity contribution in [3.8, 4) is 11.1 Å². The van der Waals surface area contributed by atoms with E-state index in [0.29, 0.717) is 0 Å². The molecule has 1 aromatic heterocycles. The fraction of sp³-hybridized carbons (Fsp3) is 0.506. The number of rotatable bonds is 4. The Morgan fingerprint density at radius 3 is 1.34 bits per heavy atom. The Balaban J connectivity index is 1.22. The molecule has 0 unspecified atom stereocenters. The van der Waals surface area contributed by atoms with Gasteiger partial charge in [-0.3, -0.25) is 4.90 Å².